The molecule has 0 heterocycles. The molecule has 0 aromatic rings. The van der Waals surface area contributed by atoms with Gasteiger partial charge in [-0.1, -0.05) is 0 Å². The molecule has 0 unspecified atom stereocenters. The minimum absolute atomic E-state index is 0.0552. The first-order valence-electron chi connectivity index (χ1n) is 7.95. The van der Waals surface area contributed by atoms with Crippen molar-refractivity contribution in [1.29, 1.82) is 0 Å². The number of esters is 2. The van der Waals surface area contributed by atoms with E-state index in [1.807, 2.05) is 0 Å². The van der Waals surface area contributed by atoms with Gasteiger partial charge >= 0.3 is 17.9 Å². The highest BCUT2D eigenvalue weighted by molar-refractivity contribution is 5.71. The Labute approximate surface area is 142 Å². The van der Waals surface area contributed by atoms with E-state index in [0.29, 0.717) is 12.8 Å². The number of rotatable bonds is 13. The lowest BCUT2D eigenvalue weighted by Crippen LogP contribution is -2.27. The van der Waals surface area contributed by atoms with E-state index in [-0.39, 0.29) is 51.8 Å². The fraction of sp³-hybridized carbons (Fsp3) is 0.812. The number of hydrogen-bond donors (Lipinski definition) is 1. The summed E-state index contributed by atoms with van der Waals surface area (Å²) in [6.45, 7) is 6.08. The maximum atomic E-state index is 11.3. The van der Waals surface area contributed by atoms with Gasteiger partial charge in [-0.3, -0.25) is 9.59 Å². The van der Waals surface area contributed by atoms with E-state index in [4.69, 9.17) is 24.1 Å². The van der Waals surface area contributed by atoms with E-state index in [1.165, 1.54) is 0 Å². The van der Waals surface area contributed by atoms with E-state index in [2.05, 4.69) is 0 Å². The van der Waals surface area contributed by atoms with Gasteiger partial charge in [-0.2, -0.15) is 0 Å². The number of carbonyl (C=O) groups is 3. The van der Waals surface area contributed by atoms with Crippen LogP contribution in [0.15, 0.2) is 0 Å². The van der Waals surface area contributed by atoms with Crippen LogP contribution in [0.25, 0.3) is 0 Å². The summed E-state index contributed by atoms with van der Waals surface area (Å²) in [6.07, 6.45) is 1.20. The van der Waals surface area contributed by atoms with Gasteiger partial charge < -0.3 is 24.1 Å². The second-order valence-electron chi connectivity index (χ2n) is 6.07. The van der Waals surface area contributed by atoms with Crippen molar-refractivity contribution in [2.24, 2.45) is 0 Å². The van der Waals surface area contributed by atoms with Gasteiger partial charge in [0.15, 0.2) is 0 Å². The molecule has 0 atom stereocenters. The molecule has 24 heavy (non-hydrogen) atoms. The lowest BCUT2D eigenvalue weighted by atomic mass is 10.2. The zero-order valence-corrected chi connectivity index (χ0v) is 14.7. The third kappa shape index (κ3) is 16.7. The van der Waals surface area contributed by atoms with E-state index in [9.17, 15) is 14.4 Å². The highest BCUT2D eigenvalue weighted by Gasteiger charge is 2.15. The van der Waals surface area contributed by atoms with Crippen molar-refractivity contribution in [1.82, 2.24) is 0 Å². The fourth-order valence-corrected chi connectivity index (χ4v) is 1.58. The molecule has 0 rings (SSSR count). The van der Waals surface area contributed by atoms with E-state index in [1.54, 1.807) is 20.8 Å². The van der Waals surface area contributed by atoms with Crippen LogP contribution in [0.2, 0.25) is 0 Å². The Kier molecular flexibility index (Phi) is 11.8. The van der Waals surface area contributed by atoms with Crippen LogP contribution in [0.5, 0.6) is 0 Å². The SMILES string of the molecule is CC(C)(C)OC(=O)COCCOCCOC(=O)CCCCC(=O)O. The molecule has 0 radical (unpaired) electrons. The summed E-state index contributed by atoms with van der Waals surface area (Å²) >= 11 is 0. The maximum absolute atomic E-state index is 11.3. The zero-order valence-electron chi connectivity index (χ0n) is 14.7. The third-order valence-corrected chi connectivity index (χ3v) is 2.52. The molecule has 8 heteroatoms. The molecule has 0 aromatic heterocycles. The molecule has 0 amide bonds. The van der Waals surface area contributed by atoms with Crippen LogP contribution in [0.3, 0.4) is 0 Å². The number of ether oxygens (including phenoxy) is 4. The number of carboxylic acids is 1. The predicted octanol–water partition coefficient (Wildman–Crippen LogP) is 1.55. The summed E-state index contributed by atoms with van der Waals surface area (Å²) in [6, 6.07) is 0. The largest absolute Gasteiger partial charge is 0.481 e. The Hall–Kier alpha value is -1.67. The molecule has 0 aliphatic carbocycles. The van der Waals surface area contributed by atoms with Crippen molar-refractivity contribution >= 4 is 17.9 Å². The minimum atomic E-state index is -0.870. The van der Waals surface area contributed by atoms with Gasteiger partial charge in [0.1, 0.15) is 18.8 Å². The summed E-state index contributed by atoms with van der Waals surface area (Å²) in [5, 5.41) is 8.45. The van der Waals surface area contributed by atoms with Crippen molar-refractivity contribution in [3.05, 3.63) is 0 Å². The fourth-order valence-electron chi connectivity index (χ4n) is 1.58. The van der Waals surface area contributed by atoms with Gasteiger partial charge in [0, 0.05) is 12.8 Å². The van der Waals surface area contributed by atoms with E-state index < -0.39 is 17.5 Å². The van der Waals surface area contributed by atoms with E-state index in [0.717, 1.165) is 0 Å². The molecule has 0 aliphatic rings. The molecule has 0 aromatic carbocycles. The monoisotopic (exact) mass is 348 g/mol. The minimum Gasteiger partial charge on any atom is -0.481 e. The van der Waals surface area contributed by atoms with Crippen LogP contribution in [0.1, 0.15) is 46.5 Å². The van der Waals surface area contributed by atoms with Gasteiger partial charge in [0.05, 0.1) is 19.8 Å². The Balaban J connectivity index is 3.37. The van der Waals surface area contributed by atoms with Crippen LogP contribution in [-0.2, 0) is 33.3 Å². The lowest BCUT2D eigenvalue weighted by molar-refractivity contribution is -0.161. The maximum Gasteiger partial charge on any atom is 0.332 e. The molecule has 0 bridgehead atoms. The van der Waals surface area contributed by atoms with Crippen LogP contribution in [0.4, 0.5) is 0 Å². The topological polar surface area (TPSA) is 108 Å². The number of unbranched alkanes of at least 4 members (excludes halogenated alkanes) is 1. The first-order valence-corrected chi connectivity index (χ1v) is 7.95. The van der Waals surface area contributed by atoms with Gasteiger partial charge in [-0.05, 0) is 33.6 Å². The average molecular weight is 348 g/mol. The molecule has 0 saturated carbocycles. The number of carbonyl (C=O) groups excluding carboxylic acids is 2. The number of hydrogen-bond acceptors (Lipinski definition) is 7. The Morgan fingerprint density at radius 2 is 1.42 bits per heavy atom. The second-order valence-corrected chi connectivity index (χ2v) is 6.07. The van der Waals surface area contributed by atoms with Gasteiger partial charge in [-0.25, -0.2) is 4.79 Å². The van der Waals surface area contributed by atoms with Crippen LogP contribution in [-0.4, -0.2) is 61.6 Å². The first-order chi connectivity index (χ1) is 11.2. The summed E-state index contributed by atoms with van der Waals surface area (Å²) < 4.78 is 20.3. The summed E-state index contributed by atoms with van der Waals surface area (Å²) in [5.74, 6) is -1.67. The second kappa shape index (κ2) is 12.7. The van der Waals surface area contributed by atoms with Crippen molar-refractivity contribution in [2.75, 3.05) is 33.0 Å². The predicted molar refractivity (Wildman–Crippen MR) is 84.5 cm³/mol. The molecule has 1 N–H and O–H groups in total. The quantitative estimate of drug-likeness (QED) is 0.394. The standard InChI is InChI=1S/C16H28O8/c1-16(2,3)24-15(20)12-22-9-8-21-10-11-23-14(19)7-5-4-6-13(17)18/h4-12H2,1-3H3,(H,17,18). The molecular formula is C16H28O8. The van der Waals surface area contributed by atoms with Crippen LogP contribution < -0.4 is 0 Å². The van der Waals surface area contributed by atoms with Crippen LogP contribution in [0, 0.1) is 0 Å². The van der Waals surface area contributed by atoms with Gasteiger partial charge in [0.2, 0.25) is 0 Å². The molecule has 140 valence electrons. The summed E-state index contributed by atoms with van der Waals surface area (Å²) in [7, 11) is 0. The highest BCUT2D eigenvalue weighted by Crippen LogP contribution is 2.06. The average Bonchev–Trinajstić information content (AvgIpc) is 2.44. The number of aliphatic carboxylic acids is 1. The molecule has 0 saturated heterocycles. The normalized spacial score (nSPS) is 11.1. The molecule has 0 fully saturated rings. The molecule has 8 nitrogen and oxygen atoms in total. The van der Waals surface area contributed by atoms with Crippen molar-refractivity contribution in [3.8, 4) is 0 Å². The third-order valence-electron chi connectivity index (χ3n) is 2.52. The first kappa shape index (κ1) is 22.3. The molecular weight excluding hydrogens is 320 g/mol. The zero-order chi connectivity index (χ0) is 18.4. The molecule has 0 aliphatic heterocycles. The Morgan fingerprint density at radius 3 is 2.04 bits per heavy atom. The van der Waals surface area contributed by atoms with Gasteiger partial charge in [-0.15, -0.1) is 0 Å². The smallest absolute Gasteiger partial charge is 0.332 e. The van der Waals surface area contributed by atoms with E-state index >= 15 is 0 Å². The van der Waals surface area contributed by atoms with Crippen molar-refractivity contribution in [3.63, 3.8) is 0 Å². The Morgan fingerprint density at radius 1 is 0.833 bits per heavy atom. The molecule has 0 spiro atoms. The Bertz CT molecular complexity index is 386. The summed E-state index contributed by atoms with van der Waals surface area (Å²) in [4.78, 5) is 32.9. The van der Waals surface area contributed by atoms with Crippen molar-refractivity contribution < 1.29 is 38.4 Å². The van der Waals surface area contributed by atoms with Crippen LogP contribution >= 0.6 is 0 Å². The number of carboxylic acid groups (broad SMARTS) is 1. The van der Waals surface area contributed by atoms with Gasteiger partial charge in [0.25, 0.3) is 0 Å². The highest BCUT2D eigenvalue weighted by atomic mass is 16.6. The lowest BCUT2D eigenvalue weighted by Gasteiger charge is -2.19. The summed E-state index contributed by atoms with van der Waals surface area (Å²) in [5.41, 5.74) is -0.533. The van der Waals surface area contributed by atoms with Crippen molar-refractivity contribution in [2.45, 2.75) is 52.1 Å².